The lowest BCUT2D eigenvalue weighted by atomic mass is 9.85. The zero-order valence-electron chi connectivity index (χ0n) is 18.3. The molecule has 0 spiro atoms. The maximum absolute atomic E-state index is 13.5. The Morgan fingerprint density at radius 1 is 1.23 bits per heavy atom. The first-order valence-electron chi connectivity index (χ1n) is 10.8. The molecule has 2 aliphatic rings. The Morgan fingerprint density at radius 2 is 1.90 bits per heavy atom. The topological polar surface area (TPSA) is 75.4 Å². The molecule has 1 amide bonds. The van der Waals surface area contributed by atoms with Crippen molar-refractivity contribution in [3.8, 4) is 0 Å². The zero-order chi connectivity index (χ0) is 22.2. The van der Waals surface area contributed by atoms with E-state index in [2.05, 4.69) is 21.8 Å². The molecule has 0 bridgehead atoms. The van der Waals surface area contributed by atoms with Crippen molar-refractivity contribution in [2.45, 2.75) is 49.7 Å². The highest BCUT2D eigenvalue weighted by molar-refractivity contribution is 7.99. The number of nitrogens with two attached hydrogens (primary N) is 1. The number of thioether (sulfide) groups is 1. The zero-order valence-corrected chi connectivity index (χ0v) is 19.2. The van der Waals surface area contributed by atoms with Crippen molar-refractivity contribution in [1.82, 2.24) is 14.9 Å². The largest absolute Gasteiger partial charge is 0.353 e. The highest BCUT2D eigenvalue weighted by Crippen LogP contribution is 2.44. The number of amides is 1. The molecule has 6 nitrogen and oxygen atoms in total. The summed E-state index contributed by atoms with van der Waals surface area (Å²) in [7, 11) is 0. The van der Waals surface area contributed by atoms with Crippen molar-refractivity contribution in [2.75, 3.05) is 31.1 Å². The summed E-state index contributed by atoms with van der Waals surface area (Å²) in [4.78, 5) is 26.7. The van der Waals surface area contributed by atoms with Crippen molar-refractivity contribution in [3.63, 3.8) is 0 Å². The monoisotopic (exact) mass is 443 g/mol. The number of hydrogen-bond acceptors (Lipinski definition) is 6. The summed E-state index contributed by atoms with van der Waals surface area (Å²) in [6.45, 7) is 8.76. The van der Waals surface area contributed by atoms with E-state index in [-0.39, 0.29) is 17.6 Å². The van der Waals surface area contributed by atoms with E-state index < -0.39 is 5.54 Å². The van der Waals surface area contributed by atoms with E-state index in [1.165, 1.54) is 17.7 Å². The van der Waals surface area contributed by atoms with Crippen molar-refractivity contribution in [3.05, 3.63) is 53.2 Å². The van der Waals surface area contributed by atoms with Crippen LogP contribution in [0, 0.1) is 5.82 Å². The number of halogens is 1. The summed E-state index contributed by atoms with van der Waals surface area (Å²) in [6, 6.07) is 6.21. The second kappa shape index (κ2) is 8.74. The number of benzene rings is 1. The molecule has 1 unspecified atom stereocenters. The summed E-state index contributed by atoms with van der Waals surface area (Å²) in [6.07, 6.45) is 2.16. The van der Waals surface area contributed by atoms with Gasteiger partial charge in [0.1, 0.15) is 18.0 Å². The van der Waals surface area contributed by atoms with Gasteiger partial charge in [-0.2, -0.15) is 0 Å². The summed E-state index contributed by atoms with van der Waals surface area (Å²) in [5.41, 5.74) is 8.93. The van der Waals surface area contributed by atoms with Crippen LogP contribution in [0.15, 0.2) is 30.6 Å². The first kappa shape index (κ1) is 22.0. The van der Waals surface area contributed by atoms with E-state index in [9.17, 15) is 9.18 Å². The van der Waals surface area contributed by atoms with Gasteiger partial charge in [-0.05, 0) is 44.9 Å². The molecule has 0 radical (unpaired) electrons. The van der Waals surface area contributed by atoms with Gasteiger partial charge in [0.25, 0.3) is 0 Å². The Morgan fingerprint density at radius 3 is 2.55 bits per heavy atom. The molecule has 8 heteroatoms. The number of nitrogens with zero attached hydrogens (tertiary/aromatic N) is 4. The number of piperazine rings is 1. The maximum atomic E-state index is 13.5. The number of fused-ring (bicyclic) bond motifs is 1. The smallest absolute Gasteiger partial charge is 0.230 e. The van der Waals surface area contributed by atoms with Crippen LogP contribution in [0.2, 0.25) is 0 Å². The van der Waals surface area contributed by atoms with Gasteiger partial charge in [0.15, 0.2) is 0 Å². The molecule has 0 saturated carbocycles. The van der Waals surface area contributed by atoms with Crippen LogP contribution in [0.3, 0.4) is 0 Å². The molecular formula is C23H30FN5OS. The van der Waals surface area contributed by atoms with Gasteiger partial charge in [-0.25, -0.2) is 14.4 Å². The minimum absolute atomic E-state index is 0.0571. The number of carbonyl (C=O) groups excluding carboxylic acids is 1. The Balaban J connectivity index is 1.49. The van der Waals surface area contributed by atoms with Crippen LogP contribution >= 0.6 is 11.8 Å². The highest BCUT2D eigenvalue weighted by atomic mass is 32.2. The predicted molar refractivity (Wildman–Crippen MR) is 123 cm³/mol. The third-order valence-corrected chi connectivity index (χ3v) is 7.19. The lowest BCUT2D eigenvalue weighted by molar-refractivity contribution is -0.133. The Kier molecular flexibility index (Phi) is 6.21. The van der Waals surface area contributed by atoms with Gasteiger partial charge >= 0.3 is 0 Å². The van der Waals surface area contributed by atoms with Crippen LogP contribution in [0.1, 0.15) is 55.2 Å². The fourth-order valence-corrected chi connectivity index (χ4v) is 5.47. The van der Waals surface area contributed by atoms with Gasteiger partial charge in [-0.3, -0.25) is 4.79 Å². The van der Waals surface area contributed by atoms with Gasteiger partial charge in [-0.1, -0.05) is 12.1 Å². The fraction of sp³-hybridized carbons (Fsp3) is 0.522. The van der Waals surface area contributed by atoms with Gasteiger partial charge in [-0.15, -0.1) is 11.8 Å². The number of anilines is 1. The summed E-state index contributed by atoms with van der Waals surface area (Å²) in [5, 5.41) is 0.389. The molecule has 2 atom stereocenters. The molecule has 2 aliphatic heterocycles. The lowest BCUT2D eigenvalue weighted by Gasteiger charge is -2.38. The molecule has 1 aromatic heterocycles. The first-order chi connectivity index (χ1) is 14.7. The van der Waals surface area contributed by atoms with Crippen LogP contribution in [0.4, 0.5) is 10.2 Å². The number of carbonyl (C=O) groups is 1. The molecule has 1 saturated heterocycles. The Labute approximate surface area is 187 Å². The van der Waals surface area contributed by atoms with Crippen molar-refractivity contribution in [1.29, 1.82) is 0 Å². The van der Waals surface area contributed by atoms with Crippen LogP contribution in [0.5, 0.6) is 0 Å². The number of aromatic nitrogens is 2. The van der Waals surface area contributed by atoms with Crippen LogP contribution in [0.25, 0.3) is 0 Å². The van der Waals surface area contributed by atoms with Gasteiger partial charge < -0.3 is 15.5 Å². The Hall–Kier alpha value is -2.19. The highest BCUT2D eigenvalue weighted by Gasteiger charge is 2.34. The summed E-state index contributed by atoms with van der Waals surface area (Å²) < 4.78 is 13.4. The van der Waals surface area contributed by atoms with E-state index in [4.69, 9.17) is 5.73 Å². The maximum Gasteiger partial charge on any atom is 0.230 e. The minimum Gasteiger partial charge on any atom is -0.353 e. The van der Waals surface area contributed by atoms with Gasteiger partial charge in [0.2, 0.25) is 5.91 Å². The molecule has 2 N–H and O–H groups in total. The van der Waals surface area contributed by atoms with E-state index in [0.29, 0.717) is 24.8 Å². The van der Waals surface area contributed by atoms with Crippen molar-refractivity contribution in [2.24, 2.45) is 5.73 Å². The standard InChI is InChI=1S/C23H30FN5OS/c1-15-20-19(13-31-15)26-14-27-21(20)28-8-10-29(11-9-28)22(30)18(12-23(2,3)25)16-4-6-17(24)7-5-16/h4-7,14-15,18H,8-13,25H2,1-3H3/t15-,18?/m1/s1. The molecule has 3 heterocycles. The summed E-state index contributed by atoms with van der Waals surface area (Å²) in [5.74, 6) is 1.31. The SMILES string of the molecule is C[C@H]1SCc2ncnc(N3CCN(C(=O)C(CC(C)(C)N)c4ccc(F)cc4)CC3)c21. The quantitative estimate of drug-likeness (QED) is 0.763. The molecule has 2 aromatic rings. The van der Waals surface area contributed by atoms with Crippen molar-refractivity contribution >= 4 is 23.5 Å². The second-order valence-electron chi connectivity index (χ2n) is 9.12. The predicted octanol–water partition coefficient (Wildman–Crippen LogP) is 3.48. The molecule has 4 rings (SSSR count). The molecule has 1 aromatic carbocycles. The van der Waals surface area contributed by atoms with E-state index in [1.807, 2.05) is 30.5 Å². The van der Waals surface area contributed by atoms with Crippen LogP contribution < -0.4 is 10.6 Å². The minimum atomic E-state index is -0.508. The Bertz CT molecular complexity index is 938. The third kappa shape index (κ3) is 4.85. The van der Waals surface area contributed by atoms with Crippen LogP contribution in [-0.4, -0.2) is 52.5 Å². The van der Waals surface area contributed by atoms with E-state index in [0.717, 1.165) is 35.9 Å². The fourth-order valence-electron chi connectivity index (χ4n) is 4.42. The van der Waals surface area contributed by atoms with Gasteiger partial charge in [0, 0.05) is 48.3 Å². The molecule has 0 aliphatic carbocycles. The molecule has 166 valence electrons. The normalized spacial score (nSPS) is 20.0. The first-order valence-corrected chi connectivity index (χ1v) is 11.8. The molecule has 31 heavy (non-hydrogen) atoms. The summed E-state index contributed by atoms with van der Waals surface area (Å²) >= 11 is 1.89. The third-order valence-electron chi connectivity index (χ3n) is 6.01. The van der Waals surface area contributed by atoms with E-state index >= 15 is 0 Å². The molecule has 1 fully saturated rings. The lowest BCUT2D eigenvalue weighted by Crippen LogP contribution is -2.51. The number of hydrogen-bond donors (Lipinski definition) is 1. The van der Waals surface area contributed by atoms with Gasteiger partial charge in [0.05, 0.1) is 11.6 Å². The number of rotatable bonds is 5. The average molecular weight is 444 g/mol. The van der Waals surface area contributed by atoms with Crippen LogP contribution in [-0.2, 0) is 10.5 Å². The molecular weight excluding hydrogens is 413 g/mol. The second-order valence-corrected chi connectivity index (χ2v) is 10.4. The van der Waals surface area contributed by atoms with Crippen molar-refractivity contribution < 1.29 is 9.18 Å². The average Bonchev–Trinajstić information content (AvgIpc) is 3.13. The van der Waals surface area contributed by atoms with E-state index in [1.54, 1.807) is 18.5 Å².